The lowest BCUT2D eigenvalue weighted by Crippen LogP contribution is -2.62. The molecule has 61 heavy (non-hydrogen) atoms. The predicted octanol–water partition coefficient (Wildman–Crippen LogP) is 11.3. The molecule has 5 aromatic rings. The highest BCUT2D eigenvalue weighted by atomic mass is 16.6. The predicted molar refractivity (Wildman–Crippen MR) is 252 cm³/mol. The molecule has 2 aliphatic carbocycles. The Kier molecular flexibility index (Phi) is 8.13. The molecular weight excluding hydrogens is 751 g/mol. The first-order valence-electron chi connectivity index (χ1n) is 22.8. The van der Waals surface area contributed by atoms with Crippen molar-refractivity contribution in [2.45, 2.75) is 129 Å². The highest BCUT2D eigenvalue weighted by Gasteiger charge is 2.48. The Balaban J connectivity index is 1.27. The van der Waals surface area contributed by atoms with E-state index in [1.165, 1.54) is 73.4 Å². The summed E-state index contributed by atoms with van der Waals surface area (Å²) < 4.78 is 25.1. The van der Waals surface area contributed by atoms with Gasteiger partial charge in [-0.2, -0.15) is 0 Å². The van der Waals surface area contributed by atoms with Crippen molar-refractivity contribution in [2.24, 2.45) is 0 Å². The normalized spacial score (nSPS) is 20.5. The van der Waals surface area contributed by atoms with Crippen LogP contribution in [-0.4, -0.2) is 33.1 Å². The van der Waals surface area contributed by atoms with Crippen LogP contribution in [0.3, 0.4) is 0 Å². The van der Waals surface area contributed by atoms with Crippen LogP contribution >= 0.6 is 0 Å². The molecule has 0 atom stereocenters. The van der Waals surface area contributed by atoms with Crippen LogP contribution in [-0.2, 0) is 27.1 Å². The summed E-state index contributed by atoms with van der Waals surface area (Å²) >= 11 is 0. The van der Waals surface area contributed by atoms with Crippen LogP contribution in [0.1, 0.15) is 130 Å². The lowest BCUT2D eigenvalue weighted by molar-refractivity contribution is 0.171. The van der Waals surface area contributed by atoms with Gasteiger partial charge in [-0.15, -0.1) is 0 Å². The van der Waals surface area contributed by atoms with E-state index in [-0.39, 0.29) is 33.8 Å². The molecule has 0 amide bonds. The van der Waals surface area contributed by atoms with Crippen LogP contribution in [0.25, 0.3) is 0 Å². The number of fused-ring (bicyclic) bond motifs is 8. The average Bonchev–Trinajstić information content (AvgIpc) is 3.22. The van der Waals surface area contributed by atoms with Gasteiger partial charge in [-0.25, -0.2) is 0 Å². The van der Waals surface area contributed by atoms with Gasteiger partial charge in [0.05, 0.1) is 5.69 Å². The molecule has 0 aromatic heterocycles. The lowest BCUT2D eigenvalue weighted by Gasteiger charge is -2.48. The fourth-order valence-electron chi connectivity index (χ4n) is 11.5. The maximum absolute atomic E-state index is 6.43. The summed E-state index contributed by atoms with van der Waals surface area (Å²) in [7, 11) is 0. The third-order valence-corrected chi connectivity index (χ3v) is 15.4. The molecule has 0 spiro atoms. The van der Waals surface area contributed by atoms with Gasteiger partial charge in [0.25, 0.3) is 6.71 Å². The molecule has 0 N–H and O–H groups in total. The second-order valence-electron chi connectivity index (χ2n) is 22.4. The van der Waals surface area contributed by atoms with Crippen molar-refractivity contribution in [1.82, 2.24) is 0 Å². The minimum atomic E-state index is -0.137. The van der Waals surface area contributed by atoms with Crippen molar-refractivity contribution >= 4 is 57.2 Å². The van der Waals surface area contributed by atoms with E-state index in [0.717, 1.165) is 53.6 Å². The summed E-state index contributed by atoms with van der Waals surface area (Å²) in [5.74, 6) is 3.15. The van der Waals surface area contributed by atoms with Crippen molar-refractivity contribution in [2.75, 3.05) is 36.2 Å². The second kappa shape index (κ2) is 12.8. The maximum Gasteiger partial charge on any atom is 0.252 e. The Bertz CT molecular complexity index is 2690. The summed E-state index contributed by atoms with van der Waals surface area (Å²) in [4.78, 5) is 5.12. The maximum atomic E-state index is 6.43. The van der Waals surface area contributed by atoms with Gasteiger partial charge in [0, 0.05) is 40.6 Å². The molecule has 5 aromatic carbocycles. The summed E-state index contributed by atoms with van der Waals surface area (Å²) in [5.41, 5.74) is 18.2. The first-order valence-corrected chi connectivity index (χ1v) is 22.8. The van der Waals surface area contributed by atoms with Gasteiger partial charge in [-0.05, 0) is 145 Å². The number of hydrogen-bond acceptors (Lipinski definition) is 6. The van der Waals surface area contributed by atoms with E-state index < -0.39 is 0 Å². The number of anilines is 6. The molecule has 0 bridgehead atoms. The van der Waals surface area contributed by atoms with Crippen LogP contribution in [0, 0.1) is 0 Å². The van der Waals surface area contributed by atoms with Crippen LogP contribution in [0.15, 0.2) is 72.8 Å². The number of hydrogen-bond donors (Lipinski definition) is 0. The average molecular weight is 813 g/mol. The number of rotatable bonds is 2. The first kappa shape index (κ1) is 38.9. The van der Waals surface area contributed by atoms with Crippen LogP contribution in [0.5, 0.6) is 23.0 Å². The molecule has 0 radical (unpaired) electrons. The standard InChI is InChI=1S/C54H61BN2O4/c1-50(2,3)32-24-43-49-44(25-32)57(34-13-15-45-46(27-34)59-21-20-58-45)42-31-48-47(60-22-23-61-48)30-40(42)55(49)39-28-37-38(54(10,11)19-18-53(37,8)9)29-41(39)56(43)33-12-14-35-36(26-33)52(6,7)17-16-51(35,4)5/h12-15,24-31H,16-23H2,1-11H3. The van der Waals surface area contributed by atoms with E-state index in [1.54, 1.807) is 0 Å². The Morgan fingerprint density at radius 1 is 0.443 bits per heavy atom. The molecule has 6 nitrogen and oxygen atoms in total. The van der Waals surface area contributed by atoms with E-state index in [4.69, 9.17) is 18.9 Å². The zero-order chi connectivity index (χ0) is 42.6. The molecule has 314 valence electrons. The molecule has 0 unspecified atom stereocenters. The van der Waals surface area contributed by atoms with Gasteiger partial charge in [0.15, 0.2) is 23.0 Å². The van der Waals surface area contributed by atoms with Crippen molar-refractivity contribution in [3.63, 3.8) is 0 Å². The molecule has 6 aliphatic rings. The Hall–Kier alpha value is -5.04. The van der Waals surface area contributed by atoms with Gasteiger partial charge >= 0.3 is 0 Å². The quantitative estimate of drug-likeness (QED) is 0.162. The number of nitrogens with zero attached hydrogens (tertiary/aromatic N) is 2. The number of ether oxygens (including phenoxy) is 4. The van der Waals surface area contributed by atoms with Gasteiger partial charge in [-0.1, -0.05) is 88.3 Å². The smallest absolute Gasteiger partial charge is 0.252 e. The molecule has 7 heteroatoms. The highest BCUT2D eigenvalue weighted by molar-refractivity contribution is 7.00. The first-order chi connectivity index (χ1) is 28.8. The Labute approximate surface area is 363 Å². The largest absolute Gasteiger partial charge is 0.486 e. The molecule has 11 rings (SSSR count). The van der Waals surface area contributed by atoms with Gasteiger partial charge < -0.3 is 28.7 Å². The van der Waals surface area contributed by atoms with Crippen molar-refractivity contribution in [3.05, 3.63) is 101 Å². The summed E-state index contributed by atoms with van der Waals surface area (Å²) in [6.07, 6.45) is 4.66. The molecular formula is C54H61BN2O4. The van der Waals surface area contributed by atoms with Crippen LogP contribution in [0.2, 0.25) is 0 Å². The summed E-state index contributed by atoms with van der Waals surface area (Å²) in [6.45, 7) is 28.7. The molecule has 4 aliphatic heterocycles. The molecule has 0 saturated heterocycles. The Morgan fingerprint density at radius 3 is 1.48 bits per heavy atom. The third kappa shape index (κ3) is 5.81. The van der Waals surface area contributed by atoms with Gasteiger partial charge in [0.1, 0.15) is 26.4 Å². The van der Waals surface area contributed by atoms with E-state index >= 15 is 0 Å². The minimum absolute atomic E-state index is 0.0346. The second-order valence-corrected chi connectivity index (χ2v) is 22.4. The molecule has 0 saturated carbocycles. The van der Waals surface area contributed by atoms with Gasteiger partial charge in [-0.3, -0.25) is 0 Å². The highest BCUT2D eigenvalue weighted by Crippen LogP contribution is 2.54. The van der Waals surface area contributed by atoms with Crippen LogP contribution < -0.4 is 45.1 Å². The summed E-state index contributed by atoms with van der Waals surface area (Å²) in [5, 5.41) is 0. The number of benzene rings is 5. The van der Waals surface area contributed by atoms with E-state index in [2.05, 4.69) is 159 Å². The monoisotopic (exact) mass is 812 g/mol. The minimum Gasteiger partial charge on any atom is -0.486 e. The third-order valence-electron chi connectivity index (χ3n) is 15.4. The molecule has 0 fully saturated rings. The topological polar surface area (TPSA) is 43.4 Å². The summed E-state index contributed by atoms with van der Waals surface area (Å²) in [6, 6.07) is 28.6. The Morgan fingerprint density at radius 2 is 0.885 bits per heavy atom. The zero-order valence-electron chi connectivity index (χ0n) is 38.2. The fourth-order valence-corrected chi connectivity index (χ4v) is 11.5. The van der Waals surface area contributed by atoms with E-state index in [1.807, 2.05) is 0 Å². The molecule has 4 heterocycles. The van der Waals surface area contributed by atoms with Crippen molar-refractivity contribution in [3.8, 4) is 23.0 Å². The lowest BCUT2D eigenvalue weighted by atomic mass is 9.33. The zero-order valence-corrected chi connectivity index (χ0v) is 38.2. The van der Waals surface area contributed by atoms with Crippen molar-refractivity contribution < 1.29 is 18.9 Å². The van der Waals surface area contributed by atoms with Crippen molar-refractivity contribution in [1.29, 1.82) is 0 Å². The van der Waals surface area contributed by atoms with E-state index in [9.17, 15) is 0 Å². The SMILES string of the molecule is CC(C)(C)c1cc2c3c(c1)N(c1ccc4c(c1)C(C)(C)CCC4(C)C)c1cc4c(cc1B3c1cc3c(cc1N2c1ccc2c(c1)OCCO2)OCCO3)C(C)(C)CCC4(C)C. The van der Waals surface area contributed by atoms with Gasteiger partial charge in [0.2, 0.25) is 0 Å². The van der Waals surface area contributed by atoms with Crippen LogP contribution in [0.4, 0.5) is 34.1 Å². The fraction of sp³-hybridized carbons (Fsp3) is 0.444. The van der Waals surface area contributed by atoms with E-state index in [0.29, 0.717) is 26.4 Å².